The van der Waals surface area contributed by atoms with Gasteiger partial charge in [0.05, 0.1) is 4.92 Å². The van der Waals surface area contributed by atoms with Gasteiger partial charge in [-0.15, -0.1) is 0 Å². The Morgan fingerprint density at radius 3 is 2.60 bits per heavy atom. The third-order valence-corrected chi connectivity index (χ3v) is 1.50. The summed E-state index contributed by atoms with van der Waals surface area (Å²) >= 11 is 0. The Bertz CT molecular complexity index is 456. The van der Waals surface area contributed by atoms with Gasteiger partial charge in [-0.3, -0.25) is 10.1 Å². The Morgan fingerprint density at radius 2 is 2.20 bits per heavy atom. The van der Waals surface area contributed by atoms with Gasteiger partial charge in [0, 0.05) is 0 Å². The van der Waals surface area contributed by atoms with E-state index in [2.05, 4.69) is 4.98 Å². The maximum absolute atomic E-state index is 12.9. The molecule has 0 saturated heterocycles. The SMILES string of the molecule is N#Cc1cc(C(F)F)nc(F)c1[N+](=O)[O-]. The van der Waals surface area contributed by atoms with Gasteiger partial charge in [0.1, 0.15) is 17.3 Å². The van der Waals surface area contributed by atoms with Gasteiger partial charge in [0.25, 0.3) is 12.4 Å². The minimum atomic E-state index is -3.09. The molecule has 0 amide bonds. The number of aromatic nitrogens is 1. The number of nitro groups is 1. The quantitative estimate of drug-likeness (QED) is 0.430. The van der Waals surface area contributed by atoms with Crippen molar-refractivity contribution in [3.05, 3.63) is 33.4 Å². The Hall–Kier alpha value is -2.17. The van der Waals surface area contributed by atoms with Crippen LogP contribution in [0, 0.1) is 27.4 Å². The number of nitriles is 1. The van der Waals surface area contributed by atoms with Crippen molar-refractivity contribution in [2.75, 3.05) is 0 Å². The van der Waals surface area contributed by atoms with E-state index in [1.54, 1.807) is 0 Å². The summed E-state index contributed by atoms with van der Waals surface area (Å²) < 4.78 is 37.0. The van der Waals surface area contributed by atoms with E-state index < -0.39 is 34.2 Å². The maximum atomic E-state index is 12.9. The Kier molecular flexibility index (Phi) is 2.85. The van der Waals surface area contributed by atoms with Crippen LogP contribution >= 0.6 is 0 Å². The van der Waals surface area contributed by atoms with Gasteiger partial charge in [0.15, 0.2) is 0 Å². The van der Waals surface area contributed by atoms with Crippen molar-refractivity contribution >= 4 is 5.69 Å². The summed E-state index contributed by atoms with van der Waals surface area (Å²) in [5, 5.41) is 18.7. The first kappa shape index (κ1) is 10.9. The fraction of sp³-hybridized carbons (Fsp3) is 0.143. The second-order valence-electron chi connectivity index (χ2n) is 2.40. The van der Waals surface area contributed by atoms with Crippen LogP contribution in [0.1, 0.15) is 17.7 Å². The number of halogens is 3. The highest BCUT2D eigenvalue weighted by Crippen LogP contribution is 2.25. The first-order valence-corrected chi connectivity index (χ1v) is 3.50. The zero-order chi connectivity index (χ0) is 11.6. The van der Waals surface area contributed by atoms with Gasteiger partial charge in [-0.1, -0.05) is 0 Å². The lowest BCUT2D eigenvalue weighted by Gasteiger charge is -2.00. The fourth-order valence-electron chi connectivity index (χ4n) is 0.897. The monoisotopic (exact) mass is 217 g/mol. The maximum Gasteiger partial charge on any atom is 0.341 e. The largest absolute Gasteiger partial charge is 0.341 e. The number of rotatable bonds is 2. The lowest BCUT2D eigenvalue weighted by atomic mass is 10.2. The lowest BCUT2D eigenvalue weighted by Crippen LogP contribution is -2.02. The molecule has 0 radical (unpaired) electrons. The van der Waals surface area contributed by atoms with Gasteiger partial charge >= 0.3 is 5.69 Å². The molecule has 0 fully saturated rings. The van der Waals surface area contributed by atoms with Crippen LogP contribution in [0.2, 0.25) is 0 Å². The molecule has 0 N–H and O–H groups in total. The van der Waals surface area contributed by atoms with Gasteiger partial charge in [-0.05, 0) is 6.07 Å². The summed E-state index contributed by atoms with van der Waals surface area (Å²) in [6.45, 7) is 0. The van der Waals surface area contributed by atoms with Crippen LogP contribution in [0.3, 0.4) is 0 Å². The molecule has 0 unspecified atom stereocenters. The molecule has 0 bridgehead atoms. The summed E-state index contributed by atoms with van der Waals surface area (Å²) in [6.07, 6.45) is -3.09. The molecule has 5 nitrogen and oxygen atoms in total. The lowest BCUT2D eigenvalue weighted by molar-refractivity contribution is -0.388. The van der Waals surface area contributed by atoms with Gasteiger partial charge in [-0.2, -0.15) is 9.65 Å². The minimum Gasteiger partial charge on any atom is -0.258 e. The van der Waals surface area contributed by atoms with E-state index in [1.807, 2.05) is 0 Å². The van der Waals surface area contributed by atoms with Gasteiger partial charge in [0.2, 0.25) is 0 Å². The number of nitrogens with zero attached hydrogens (tertiary/aromatic N) is 3. The minimum absolute atomic E-state index is 0.492. The van der Waals surface area contributed by atoms with Crippen molar-refractivity contribution in [2.45, 2.75) is 6.43 Å². The van der Waals surface area contributed by atoms with Crippen LogP contribution < -0.4 is 0 Å². The molecule has 1 heterocycles. The van der Waals surface area contributed by atoms with Crippen molar-refractivity contribution in [2.24, 2.45) is 0 Å². The first-order chi connectivity index (χ1) is 6.97. The third-order valence-electron chi connectivity index (χ3n) is 1.50. The number of hydrogen-bond donors (Lipinski definition) is 0. The molecule has 0 aromatic carbocycles. The second kappa shape index (κ2) is 3.91. The van der Waals surface area contributed by atoms with Crippen LogP contribution in [0.15, 0.2) is 6.07 Å². The van der Waals surface area contributed by atoms with E-state index in [9.17, 15) is 23.3 Å². The molecule has 1 aromatic rings. The third kappa shape index (κ3) is 2.01. The average molecular weight is 217 g/mol. The normalized spacial score (nSPS) is 10.1. The van der Waals surface area contributed by atoms with Gasteiger partial charge in [-0.25, -0.2) is 13.8 Å². The van der Waals surface area contributed by atoms with Crippen molar-refractivity contribution in [3.8, 4) is 6.07 Å². The number of pyridine rings is 1. The van der Waals surface area contributed by atoms with Crippen LogP contribution in [-0.4, -0.2) is 9.91 Å². The molecule has 0 spiro atoms. The van der Waals surface area contributed by atoms with Crippen LogP contribution in [0.25, 0.3) is 0 Å². The summed E-state index contributed by atoms with van der Waals surface area (Å²) in [4.78, 5) is 11.8. The summed E-state index contributed by atoms with van der Waals surface area (Å²) in [7, 11) is 0. The van der Waals surface area contributed by atoms with Crippen molar-refractivity contribution in [1.82, 2.24) is 4.98 Å². The number of alkyl halides is 2. The van der Waals surface area contributed by atoms with E-state index in [0.29, 0.717) is 6.07 Å². The van der Waals surface area contributed by atoms with Crippen molar-refractivity contribution < 1.29 is 18.1 Å². The number of hydrogen-bond acceptors (Lipinski definition) is 4. The van der Waals surface area contributed by atoms with E-state index in [-0.39, 0.29) is 0 Å². The van der Waals surface area contributed by atoms with E-state index in [1.165, 1.54) is 6.07 Å². The Morgan fingerprint density at radius 1 is 1.60 bits per heavy atom. The molecule has 78 valence electrons. The molecule has 1 rings (SSSR count). The van der Waals surface area contributed by atoms with E-state index in [4.69, 9.17) is 5.26 Å². The van der Waals surface area contributed by atoms with Gasteiger partial charge < -0.3 is 0 Å². The highest BCUT2D eigenvalue weighted by atomic mass is 19.3. The molecule has 0 aliphatic rings. The first-order valence-electron chi connectivity index (χ1n) is 3.50. The van der Waals surface area contributed by atoms with E-state index in [0.717, 1.165) is 0 Å². The molecular formula is C7H2F3N3O2. The fourth-order valence-corrected chi connectivity index (χ4v) is 0.897. The molecular weight excluding hydrogens is 215 g/mol. The summed E-state index contributed by atoms with van der Waals surface area (Å²) in [5.41, 5.74) is -2.97. The zero-order valence-corrected chi connectivity index (χ0v) is 6.95. The summed E-state index contributed by atoms with van der Waals surface area (Å²) in [5.74, 6) is -1.69. The van der Waals surface area contributed by atoms with Crippen molar-refractivity contribution in [1.29, 1.82) is 5.26 Å². The average Bonchev–Trinajstić information content (AvgIpc) is 2.15. The molecule has 0 atom stereocenters. The standard InChI is InChI=1S/C7H2F3N3O2/c8-6(9)4-1-3(2-11)5(13(14)15)7(10)12-4/h1,6H. The highest BCUT2D eigenvalue weighted by molar-refractivity contribution is 5.48. The molecule has 0 aliphatic carbocycles. The zero-order valence-electron chi connectivity index (χ0n) is 6.95. The Labute approximate surface area is 80.9 Å². The van der Waals surface area contributed by atoms with E-state index >= 15 is 0 Å². The van der Waals surface area contributed by atoms with Crippen LogP contribution in [0.5, 0.6) is 0 Å². The highest BCUT2D eigenvalue weighted by Gasteiger charge is 2.25. The summed E-state index contributed by atoms with van der Waals surface area (Å²) in [6, 6.07) is 1.75. The van der Waals surface area contributed by atoms with Crippen LogP contribution in [-0.2, 0) is 0 Å². The second-order valence-corrected chi connectivity index (χ2v) is 2.40. The predicted octanol–water partition coefficient (Wildman–Crippen LogP) is 1.94. The molecule has 15 heavy (non-hydrogen) atoms. The molecule has 8 heteroatoms. The topological polar surface area (TPSA) is 79.8 Å². The molecule has 0 saturated carbocycles. The molecule has 1 aromatic heterocycles. The van der Waals surface area contributed by atoms with Crippen molar-refractivity contribution in [3.63, 3.8) is 0 Å². The smallest absolute Gasteiger partial charge is 0.258 e. The predicted molar refractivity (Wildman–Crippen MR) is 40.5 cm³/mol. The molecule has 0 aliphatic heterocycles. The van der Waals surface area contributed by atoms with Crippen LogP contribution in [0.4, 0.5) is 18.9 Å². The Balaban J connectivity index is 3.46.